The lowest BCUT2D eigenvalue weighted by atomic mass is 10.3. The SMILES string of the molecule is Cc1nc(S(=O)(=O)N2CCN(c3nc4ccccc4[nH]3)CC2)cn1C. The van der Waals surface area contributed by atoms with Gasteiger partial charge in [0.1, 0.15) is 5.82 Å². The Hall–Kier alpha value is -2.39. The monoisotopic (exact) mass is 360 g/mol. The molecule has 1 aliphatic heterocycles. The molecule has 1 fully saturated rings. The van der Waals surface area contributed by atoms with Crippen LogP contribution in [0.4, 0.5) is 5.95 Å². The van der Waals surface area contributed by atoms with Gasteiger partial charge in [-0.15, -0.1) is 0 Å². The van der Waals surface area contributed by atoms with E-state index in [1.165, 1.54) is 4.31 Å². The molecule has 0 unspecified atom stereocenters. The maximum Gasteiger partial charge on any atom is 0.262 e. The van der Waals surface area contributed by atoms with Gasteiger partial charge in [0.05, 0.1) is 11.0 Å². The van der Waals surface area contributed by atoms with E-state index in [0.717, 1.165) is 17.0 Å². The standard InChI is InChI=1S/C16H20N6O2S/c1-12-17-15(11-20(12)2)25(23,24)22-9-7-21(8-10-22)16-18-13-5-3-4-6-14(13)19-16/h3-6,11H,7-10H2,1-2H3,(H,18,19). The van der Waals surface area contributed by atoms with Gasteiger partial charge in [0, 0.05) is 39.4 Å². The molecule has 1 saturated heterocycles. The molecule has 25 heavy (non-hydrogen) atoms. The molecule has 1 N–H and O–H groups in total. The van der Waals surface area contributed by atoms with Gasteiger partial charge in [0.25, 0.3) is 10.0 Å². The van der Waals surface area contributed by atoms with Gasteiger partial charge in [0.2, 0.25) is 5.95 Å². The molecule has 8 nitrogen and oxygen atoms in total. The number of aromatic amines is 1. The van der Waals surface area contributed by atoms with Gasteiger partial charge >= 0.3 is 0 Å². The van der Waals surface area contributed by atoms with Gasteiger partial charge in [-0.25, -0.2) is 18.4 Å². The molecule has 0 bridgehead atoms. The normalized spacial score (nSPS) is 16.6. The van der Waals surface area contributed by atoms with Crippen molar-refractivity contribution in [3.8, 4) is 0 Å². The smallest absolute Gasteiger partial charge is 0.262 e. The summed E-state index contributed by atoms with van der Waals surface area (Å²) in [5, 5.41) is 0.115. The quantitative estimate of drug-likeness (QED) is 0.756. The van der Waals surface area contributed by atoms with E-state index >= 15 is 0 Å². The number of hydrogen-bond donors (Lipinski definition) is 1. The average Bonchev–Trinajstić information content (AvgIpc) is 3.19. The number of sulfonamides is 1. The number of aromatic nitrogens is 4. The van der Waals surface area contributed by atoms with Gasteiger partial charge in [0.15, 0.2) is 5.03 Å². The Kier molecular flexibility index (Phi) is 3.77. The number of fused-ring (bicyclic) bond motifs is 1. The summed E-state index contributed by atoms with van der Waals surface area (Å²) >= 11 is 0. The maximum atomic E-state index is 12.7. The largest absolute Gasteiger partial charge is 0.340 e. The number of anilines is 1. The summed E-state index contributed by atoms with van der Waals surface area (Å²) in [7, 11) is -1.76. The third-order valence-corrected chi connectivity index (χ3v) is 6.38. The van der Waals surface area contributed by atoms with Crippen LogP contribution in [0, 0.1) is 6.92 Å². The van der Waals surface area contributed by atoms with E-state index in [2.05, 4.69) is 19.9 Å². The number of imidazole rings is 2. The highest BCUT2D eigenvalue weighted by Crippen LogP contribution is 2.21. The van der Waals surface area contributed by atoms with E-state index in [9.17, 15) is 8.42 Å². The molecule has 132 valence electrons. The summed E-state index contributed by atoms with van der Waals surface area (Å²) in [5.74, 6) is 1.46. The molecule has 4 rings (SSSR count). The number of H-pyrrole nitrogens is 1. The van der Waals surface area contributed by atoms with Crippen LogP contribution < -0.4 is 4.90 Å². The number of aryl methyl sites for hydroxylation is 2. The summed E-state index contributed by atoms with van der Waals surface area (Å²) < 4.78 is 28.7. The van der Waals surface area contributed by atoms with Gasteiger partial charge in [-0.1, -0.05) is 12.1 Å². The summed E-state index contributed by atoms with van der Waals surface area (Å²) in [6.45, 7) is 3.79. The fourth-order valence-corrected chi connectivity index (χ4v) is 4.46. The Morgan fingerprint density at radius 1 is 1.08 bits per heavy atom. The molecule has 0 amide bonds. The molecule has 3 aromatic rings. The highest BCUT2D eigenvalue weighted by Gasteiger charge is 2.31. The second-order valence-electron chi connectivity index (χ2n) is 6.21. The first-order valence-corrected chi connectivity index (χ1v) is 9.59. The molecule has 0 aliphatic carbocycles. The molecule has 0 spiro atoms. The Morgan fingerprint density at radius 2 is 1.80 bits per heavy atom. The number of nitrogens with one attached hydrogen (secondary N) is 1. The maximum absolute atomic E-state index is 12.7. The highest BCUT2D eigenvalue weighted by molar-refractivity contribution is 7.89. The number of benzene rings is 1. The van der Waals surface area contributed by atoms with Crippen molar-refractivity contribution in [1.82, 2.24) is 23.8 Å². The molecule has 0 radical (unpaired) electrons. The summed E-state index contributed by atoms with van der Waals surface area (Å²) in [6.07, 6.45) is 1.57. The fraction of sp³-hybridized carbons (Fsp3) is 0.375. The third-order valence-electron chi connectivity index (χ3n) is 4.61. The van der Waals surface area contributed by atoms with Crippen LogP contribution in [-0.2, 0) is 17.1 Å². The van der Waals surface area contributed by atoms with E-state index in [-0.39, 0.29) is 5.03 Å². The average molecular weight is 360 g/mol. The van der Waals surface area contributed by atoms with Gasteiger partial charge in [-0.05, 0) is 19.1 Å². The third kappa shape index (κ3) is 2.79. The Morgan fingerprint density at radius 3 is 2.44 bits per heavy atom. The minimum atomic E-state index is -3.55. The lowest BCUT2D eigenvalue weighted by Gasteiger charge is -2.33. The van der Waals surface area contributed by atoms with Crippen molar-refractivity contribution in [2.45, 2.75) is 11.9 Å². The van der Waals surface area contributed by atoms with Crippen LogP contribution in [0.2, 0.25) is 0 Å². The number of nitrogens with zero attached hydrogens (tertiary/aromatic N) is 5. The van der Waals surface area contributed by atoms with Crippen molar-refractivity contribution in [1.29, 1.82) is 0 Å². The topological polar surface area (TPSA) is 87.1 Å². The Balaban J connectivity index is 1.51. The van der Waals surface area contributed by atoms with Crippen molar-refractivity contribution < 1.29 is 8.42 Å². The van der Waals surface area contributed by atoms with E-state index in [0.29, 0.717) is 32.0 Å². The molecule has 3 heterocycles. The second kappa shape index (κ2) is 5.85. The minimum Gasteiger partial charge on any atom is -0.340 e. The molecule has 2 aromatic heterocycles. The van der Waals surface area contributed by atoms with E-state index in [1.54, 1.807) is 24.7 Å². The van der Waals surface area contributed by atoms with Crippen molar-refractivity contribution in [2.75, 3.05) is 31.1 Å². The van der Waals surface area contributed by atoms with Gasteiger partial charge in [-0.3, -0.25) is 0 Å². The van der Waals surface area contributed by atoms with Crippen molar-refractivity contribution in [3.05, 3.63) is 36.3 Å². The van der Waals surface area contributed by atoms with Gasteiger partial charge < -0.3 is 14.5 Å². The Bertz CT molecular complexity index is 962. The lowest BCUT2D eigenvalue weighted by Crippen LogP contribution is -2.49. The van der Waals surface area contributed by atoms with E-state index in [4.69, 9.17) is 0 Å². The summed E-state index contributed by atoms with van der Waals surface area (Å²) in [4.78, 5) is 14.1. The van der Waals surface area contributed by atoms with Crippen molar-refractivity contribution in [3.63, 3.8) is 0 Å². The zero-order chi connectivity index (χ0) is 17.6. The molecular weight excluding hydrogens is 340 g/mol. The Labute approximate surface area is 146 Å². The molecule has 9 heteroatoms. The molecule has 1 aliphatic rings. The van der Waals surface area contributed by atoms with Crippen LogP contribution in [0.25, 0.3) is 11.0 Å². The summed E-state index contributed by atoms with van der Waals surface area (Å²) in [5.41, 5.74) is 1.90. The minimum absolute atomic E-state index is 0.115. The molecule has 0 atom stereocenters. The number of rotatable bonds is 3. The van der Waals surface area contributed by atoms with Crippen LogP contribution in [0.3, 0.4) is 0 Å². The van der Waals surface area contributed by atoms with Crippen LogP contribution in [-0.4, -0.2) is 58.4 Å². The number of piperazine rings is 1. The first kappa shape index (κ1) is 16.1. The number of hydrogen-bond acceptors (Lipinski definition) is 5. The zero-order valence-corrected chi connectivity index (χ0v) is 15.0. The molecule has 0 saturated carbocycles. The van der Waals surface area contributed by atoms with Crippen LogP contribution in [0.5, 0.6) is 0 Å². The van der Waals surface area contributed by atoms with E-state index in [1.807, 2.05) is 24.3 Å². The van der Waals surface area contributed by atoms with Gasteiger partial charge in [-0.2, -0.15) is 4.31 Å². The summed E-state index contributed by atoms with van der Waals surface area (Å²) in [6, 6.07) is 7.85. The van der Waals surface area contributed by atoms with Crippen molar-refractivity contribution in [2.24, 2.45) is 7.05 Å². The van der Waals surface area contributed by atoms with Crippen molar-refractivity contribution >= 4 is 27.0 Å². The first-order chi connectivity index (χ1) is 11.9. The van der Waals surface area contributed by atoms with Crippen LogP contribution >= 0.6 is 0 Å². The predicted octanol–water partition coefficient (Wildman–Crippen LogP) is 1.12. The van der Waals surface area contributed by atoms with Crippen LogP contribution in [0.15, 0.2) is 35.5 Å². The predicted molar refractivity (Wildman–Crippen MR) is 95.0 cm³/mol. The van der Waals surface area contributed by atoms with E-state index < -0.39 is 10.0 Å². The first-order valence-electron chi connectivity index (χ1n) is 8.15. The fourth-order valence-electron chi connectivity index (χ4n) is 3.01. The number of para-hydroxylation sites is 2. The molecule has 1 aromatic carbocycles. The zero-order valence-electron chi connectivity index (χ0n) is 14.2. The van der Waals surface area contributed by atoms with Crippen LogP contribution in [0.1, 0.15) is 5.82 Å². The molecular formula is C16H20N6O2S. The highest BCUT2D eigenvalue weighted by atomic mass is 32.2. The second-order valence-corrected chi connectivity index (χ2v) is 8.09. The lowest BCUT2D eigenvalue weighted by molar-refractivity contribution is 0.381.